The van der Waals surface area contributed by atoms with Gasteiger partial charge in [-0.15, -0.1) is 0 Å². The van der Waals surface area contributed by atoms with Crippen LogP contribution in [0.15, 0.2) is 42.7 Å². The maximum absolute atomic E-state index is 11.9. The minimum Gasteiger partial charge on any atom is -0.470 e. The molecule has 0 spiro atoms. The highest BCUT2D eigenvalue weighted by Gasteiger charge is 2.27. The van der Waals surface area contributed by atoms with Crippen LogP contribution in [0.1, 0.15) is 40.5 Å². The normalized spacial score (nSPS) is 13.9. The first-order valence-electron chi connectivity index (χ1n) is 7.89. The zero-order chi connectivity index (χ0) is 16.5. The standard InChI is InChI=1S/C18H17N3O3/c1-23-18(22)15-10-21-9-14(13-7-8-13)19-16(21)17(20-15)24-11-12-5-3-2-4-6-12/h2-6,9-10,13H,7-8,11H2,1H3. The van der Waals surface area contributed by atoms with Crippen molar-refractivity contribution in [3.63, 3.8) is 0 Å². The van der Waals surface area contributed by atoms with Crippen LogP contribution in [0.25, 0.3) is 5.65 Å². The number of aromatic nitrogens is 3. The van der Waals surface area contributed by atoms with E-state index >= 15 is 0 Å². The van der Waals surface area contributed by atoms with Crippen LogP contribution in [0.4, 0.5) is 0 Å². The fourth-order valence-electron chi connectivity index (χ4n) is 2.59. The fraction of sp³-hybridized carbons (Fsp3) is 0.278. The number of hydrogen-bond donors (Lipinski definition) is 0. The van der Waals surface area contributed by atoms with Gasteiger partial charge in [-0.3, -0.25) is 4.40 Å². The summed E-state index contributed by atoms with van der Waals surface area (Å²) in [6.07, 6.45) is 5.88. The summed E-state index contributed by atoms with van der Waals surface area (Å²) in [7, 11) is 1.34. The first-order chi connectivity index (χ1) is 11.7. The molecule has 1 saturated carbocycles. The molecule has 0 radical (unpaired) electrons. The Kier molecular flexibility index (Phi) is 3.65. The molecule has 0 unspecified atom stereocenters. The topological polar surface area (TPSA) is 65.7 Å². The Morgan fingerprint density at radius 1 is 1.21 bits per heavy atom. The van der Waals surface area contributed by atoms with Crippen molar-refractivity contribution in [1.29, 1.82) is 0 Å². The second kappa shape index (κ2) is 5.96. The molecule has 122 valence electrons. The third-order valence-electron chi connectivity index (χ3n) is 4.03. The summed E-state index contributed by atoms with van der Waals surface area (Å²) in [6.45, 7) is 0.361. The zero-order valence-corrected chi connectivity index (χ0v) is 13.3. The lowest BCUT2D eigenvalue weighted by atomic mass is 10.2. The lowest BCUT2D eigenvalue weighted by Crippen LogP contribution is -2.09. The number of esters is 1. The molecular formula is C18H17N3O3. The Labute approximate surface area is 139 Å². The Balaban J connectivity index is 1.71. The van der Waals surface area contributed by atoms with E-state index in [9.17, 15) is 4.79 Å². The number of methoxy groups -OCH3 is 1. The van der Waals surface area contributed by atoms with E-state index in [-0.39, 0.29) is 5.69 Å². The smallest absolute Gasteiger partial charge is 0.358 e. The molecule has 0 aliphatic heterocycles. The maximum Gasteiger partial charge on any atom is 0.358 e. The van der Waals surface area contributed by atoms with Gasteiger partial charge in [0, 0.05) is 18.3 Å². The van der Waals surface area contributed by atoms with Crippen molar-refractivity contribution in [3.8, 4) is 5.88 Å². The molecule has 0 bridgehead atoms. The molecule has 1 aromatic carbocycles. The summed E-state index contributed by atoms with van der Waals surface area (Å²) in [4.78, 5) is 20.8. The second-order valence-corrected chi connectivity index (χ2v) is 5.87. The van der Waals surface area contributed by atoms with Crippen molar-refractivity contribution in [2.24, 2.45) is 0 Å². The predicted octanol–water partition coefficient (Wildman–Crippen LogP) is 2.97. The molecule has 24 heavy (non-hydrogen) atoms. The Hall–Kier alpha value is -2.89. The van der Waals surface area contributed by atoms with E-state index in [2.05, 4.69) is 9.97 Å². The van der Waals surface area contributed by atoms with Crippen molar-refractivity contribution < 1.29 is 14.3 Å². The number of carbonyl (C=O) groups excluding carboxylic acids is 1. The van der Waals surface area contributed by atoms with Gasteiger partial charge in [-0.05, 0) is 18.4 Å². The number of carbonyl (C=O) groups is 1. The quantitative estimate of drug-likeness (QED) is 0.675. The van der Waals surface area contributed by atoms with Crippen LogP contribution >= 0.6 is 0 Å². The minimum absolute atomic E-state index is 0.202. The minimum atomic E-state index is -0.497. The van der Waals surface area contributed by atoms with E-state index in [4.69, 9.17) is 9.47 Å². The molecule has 6 nitrogen and oxygen atoms in total. The van der Waals surface area contributed by atoms with Gasteiger partial charge in [-0.25, -0.2) is 14.8 Å². The fourth-order valence-corrected chi connectivity index (χ4v) is 2.59. The summed E-state index contributed by atoms with van der Waals surface area (Å²) in [5.41, 5.74) is 2.87. The molecule has 1 aliphatic carbocycles. The van der Waals surface area contributed by atoms with E-state index in [1.54, 1.807) is 10.6 Å². The van der Waals surface area contributed by atoms with E-state index in [0.717, 1.165) is 24.1 Å². The molecule has 0 N–H and O–H groups in total. The van der Waals surface area contributed by atoms with Crippen LogP contribution in [0.3, 0.4) is 0 Å². The number of rotatable bonds is 5. The number of fused-ring (bicyclic) bond motifs is 1. The maximum atomic E-state index is 11.9. The van der Waals surface area contributed by atoms with Gasteiger partial charge < -0.3 is 9.47 Å². The van der Waals surface area contributed by atoms with Gasteiger partial charge in [0.15, 0.2) is 5.69 Å². The van der Waals surface area contributed by atoms with Gasteiger partial charge >= 0.3 is 5.97 Å². The first-order valence-corrected chi connectivity index (χ1v) is 7.89. The zero-order valence-electron chi connectivity index (χ0n) is 13.3. The molecule has 4 rings (SSSR count). The van der Waals surface area contributed by atoms with Crippen LogP contribution in [-0.2, 0) is 11.3 Å². The summed E-state index contributed by atoms with van der Waals surface area (Å²) < 4.78 is 12.4. The highest BCUT2D eigenvalue weighted by Crippen LogP contribution is 2.39. The van der Waals surface area contributed by atoms with Crippen molar-refractivity contribution >= 4 is 11.6 Å². The molecule has 2 aromatic heterocycles. The number of nitrogens with zero attached hydrogens (tertiary/aromatic N) is 3. The van der Waals surface area contributed by atoms with E-state index in [1.807, 2.05) is 36.5 Å². The van der Waals surface area contributed by atoms with E-state index in [1.165, 1.54) is 7.11 Å². The Morgan fingerprint density at radius 2 is 2.00 bits per heavy atom. The molecular weight excluding hydrogens is 306 g/mol. The molecule has 3 aromatic rings. The largest absolute Gasteiger partial charge is 0.470 e. The third-order valence-corrected chi connectivity index (χ3v) is 4.03. The molecule has 0 saturated heterocycles. The summed E-state index contributed by atoms with van der Waals surface area (Å²) in [5, 5.41) is 0. The third kappa shape index (κ3) is 2.82. The number of ether oxygens (including phenoxy) is 2. The highest BCUT2D eigenvalue weighted by molar-refractivity contribution is 5.87. The van der Waals surface area contributed by atoms with E-state index < -0.39 is 5.97 Å². The van der Waals surface area contributed by atoms with Gasteiger partial charge in [-0.2, -0.15) is 0 Å². The molecule has 0 atom stereocenters. The van der Waals surface area contributed by atoms with Crippen molar-refractivity contribution in [1.82, 2.24) is 14.4 Å². The SMILES string of the molecule is COC(=O)c1cn2cc(C3CC3)nc2c(OCc2ccccc2)n1. The molecule has 2 heterocycles. The van der Waals surface area contributed by atoms with Crippen molar-refractivity contribution in [2.75, 3.05) is 7.11 Å². The van der Waals surface area contributed by atoms with Gasteiger partial charge in [0.25, 0.3) is 5.88 Å². The monoisotopic (exact) mass is 323 g/mol. The highest BCUT2D eigenvalue weighted by atomic mass is 16.5. The lowest BCUT2D eigenvalue weighted by Gasteiger charge is -2.08. The Morgan fingerprint density at radius 3 is 2.71 bits per heavy atom. The summed E-state index contributed by atoms with van der Waals surface area (Å²) >= 11 is 0. The summed E-state index contributed by atoms with van der Waals surface area (Å²) in [5.74, 6) is 0.352. The van der Waals surface area contributed by atoms with Gasteiger partial charge in [0.2, 0.25) is 5.65 Å². The van der Waals surface area contributed by atoms with Gasteiger partial charge in [-0.1, -0.05) is 30.3 Å². The summed E-state index contributed by atoms with van der Waals surface area (Å²) in [6, 6.07) is 9.81. The first kappa shape index (κ1) is 14.7. The number of benzene rings is 1. The van der Waals surface area contributed by atoms with Gasteiger partial charge in [0.05, 0.1) is 12.8 Å². The van der Waals surface area contributed by atoms with Crippen LogP contribution in [-0.4, -0.2) is 27.4 Å². The predicted molar refractivity (Wildman–Crippen MR) is 87.1 cm³/mol. The van der Waals surface area contributed by atoms with Crippen LogP contribution < -0.4 is 4.74 Å². The van der Waals surface area contributed by atoms with Crippen LogP contribution in [0, 0.1) is 0 Å². The average molecular weight is 323 g/mol. The van der Waals surface area contributed by atoms with Crippen LogP contribution in [0.2, 0.25) is 0 Å². The van der Waals surface area contributed by atoms with Crippen molar-refractivity contribution in [3.05, 3.63) is 59.7 Å². The number of hydrogen-bond acceptors (Lipinski definition) is 5. The lowest BCUT2D eigenvalue weighted by molar-refractivity contribution is 0.0592. The van der Waals surface area contributed by atoms with Crippen molar-refractivity contribution in [2.45, 2.75) is 25.4 Å². The van der Waals surface area contributed by atoms with Crippen LogP contribution in [0.5, 0.6) is 5.88 Å². The van der Waals surface area contributed by atoms with Gasteiger partial charge in [0.1, 0.15) is 6.61 Å². The molecule has 1 aliphatic rings. The second-order valence-electron chi connectivity index (χ2n) is 5.87. The van der Waals surface area contributed by atoms with E-state index in [0.29, 0.717) is 24.1 Å². The Bertz CT molecular complexity index is 885. The number of imidazole rings is 1. The molecule has 6 heteroatoms. The molecule has 1 fully saturated rings. The average Bonchev–Trinajstić information content (AvgIpc) is 3.38. The molecule has 0 amide bonds.